The van der Waals surface area contributed by atoms with E-state index in [1.807, 2.05) is 0 Å². The fraction of sp³-hybridized carbons (Fsp3) is 0.600. The van der Waals surface area contributed by atoms with E-state index in [0.717, 1.165) is 54.9 Å². The van der Waals surface area contributed by atoms with E-state index >= 15 is 0 Å². The van der Waals surface area contributed by atoms with Crippen molar-refractivity contribution in [3.8, 4) is 0 Å². The maximum absolute atomic E-state index is 5.20. The van der Waals surface area contributed by atoms with E-state index in [4.69, 9.17) is 9.98 Å². The Balaban J connectivity index is 0.00000722. The van der Waals surface area contributed by atoms with Crippen LogP contribution in [0, 0.1) is 0 Å². The summed E-state index contributed by atoms with van der Waals surface area (Å²) in [6.45, 7) is 13.5. The van der Waals surface area contributed by atoms with Gasteiger partial charge in [0.1, 0.15) is 0 Å². The second-order valence-corrected chi connectivity index (χ2v) is 10.7. The Kier molecular flexibility index (Phi) is 18.2. The largest absolute Gasteiger partial charge is 0.252 e. The van der Waals surface area contributed by atoms with Crippen molar-refractivity contribution in [1.82, 2.24) is 0 Å². The average molecular weight is 562 g/mol. The summed E-state index contributed by atoms with van der Waals surface area (Å²) in [6, 6.07) is 13.8. The van der Waals surface area contributed by atoms with Crippen LogP contribution in [0.25, 0.3) is 0 Å². The Morgan fingerprint density at radius 3 is 1.34 bits per heavy atom. The van der Waals surface area contributed by atoms with E-state index in [1.165, 1.54) is 86.5 Å². The van der Waals surface area contributed by atoms with Crippen LogP contribution in [-0.4, -0.2) is 11.4 Å². The third-order valence-electron chi connectivity index (χ3n) is 7.32. The molecule has 0 fully saturated rings. The van der Waals surface area contributed by atoms with Gasteiger partial charge in [-0.3, -0.25) is 9.98 Å². The summed E-state index contributed by atoms with van der Waals surface area (Å²) < 4.78 is 0. The number of nitrogens with zero attached hydrogens (tertiary/aromatic N) is 2. The molecular weight excluding hydrogens is 507 g/mol. The minimum Gasteiger partial charge on any atom is -0.252 e. The molecule has 2 aromatic rings. The summed E-state index contributed by atoms with van der Waals surface area (Å²) in [7, 11) is 0. The predicted octanol–water partition coefficient (Wildman–Crippen LogP) is 11.1. The second kappa shape index (κ2) is 20.2. The summed E-state index contributed by atoms with van der Waals surface area (Å²) in [6.07, 6.45) is 17.9. The molecule has 0 radical (unpaired) electrons. The van der Waals surface area contributed by atoms with Gasteiger partial charge in [-0.05, 0) is 118 Å². The molecule has 3 heteroatoms. The number of rotatable bonds is 18. The molecule has 0 heterocycles. The predicted molar refractivity (Wildman–Crippen MR) is 167 cm³/mol. The molecule has 214 valence electrons. The second-order valence-electron chi connectivity index (χ2n) is 10.7. The van der Waals surface area contributed by atoms with Crippen molar-refractivity contribution < 1.29 is 16.5 Å². The van der Waals surface area contributed by atoms with E-state index in [0.29, 0.717) is 0 Å². The summed E-state index contributed by atoms with van der Waals surface area (Å²) in [5, 5.41) is 0. The molecule has 0 saturated heterocycles. The zero-order valence-electron chi connectivity index (χ0n) is 25.3. The van der Waals surface area contributed by atoms with Crippen LogP contribution in [0.15, 0.2) is 46.4 Å². The normalized spacial score (nSPS) is 12.1. The van der Waals surface area contributed by atoms with Crippen molar-refractivity contribution in [2.24, 2.45) is 9.98 Å². The first kappa shape index (κ1) is 34.3. The van der Waals surface area contributed by atoms with Crippen molar-refractivity contribution in [1.29, 1.82) is 0 Å². The molecule has 0 spiro atoms. The smallest absolute Gasteiger partial charge is 0.0636 e. The van der Waals surface area contributed by atoms with Crippen molar-refractivity contribution >= 4 is 22.8 Å². The Hall–Kier alpha value is -1.73. The molecular formula is C35H54N2Ni. The first-order valence-electron chi connectivity index (χ1n) is 15.4. The molecule has 0 bridgehead atoms. The van der Waals surface area contributed by atoms with E-state index in [9.17, 15) is 0 Å². The molecule has 2 nitrogen and oxygen atoms in total. The maximum Gasteiger partial charge on any atom is 0.0636 e. The molecule has 38 heavy (non-hydrogen) atoms. The van der Waals surface area contributed by atoms with Gasteiger partial charge in [0, 0.05) is 16.5 Å². The summed E-state index contributed by atoms with van der Waals surface area (Å²) in [5.41, 5.74) is 10.4. The Morgan fingerprint density at radius 2 is 0.921 bits per heavy atom. The number of hydrogen-bond acceptors (Lipinski definition) is 2. The zero-order valence-corrected chi connectivity index (χ0v) is 26.3. The SMILES string of the molecule is CCCCC(=Nc1ccc(CCCC)c(CCCC)c1)C(C)=Nc1ccc(CCCC)c(CCCC)c1.[Ni]. The van der Waals surface area contributed by atoms with Gasteiger partial charge in [0.2, 0.25) is 0 Å². The summed E-state index contributed by atoms with van der Waals surface area (Å²) in [4.78, 5) is 10.3. The van der Waals surface area contributed by atoms with E-state index < -0.39 is 0 Å². The molecule has 2 aromatic carbocycles. The third-order valence-corrected chi connectivity index (χ3v) is 7.32. The molecule has 0 aliphatic rings. The quantitative estimate of drug-likeness (QED) is 0.128. The van der Waals surface area contributed by atoms with E-state index in [2.05, 4.69) is 77.9 Å². The van der Waals surface area contributed by atoms with Crippen molar-refractivity contribution in [3.05, 3.63) is 58.7 Å². The van der Waals surface area contributed by atoms with Gasteiger partial charge >= 0.3 is 0 Å². The van der Waals surface area contributed by atoms with Crippen LogP contribution < -0.4 is 0 Å². The fourth-order valence-corrected chi connectivity index (χ4v) is 4.86. The summed E-state index contributed by atoms with van der Waals surface area (Å²) >= 11 is 0. The van der Waals surface area contributed by atoms with Crippen molar-refractivity contribution in [3.63, 3.8) is 0 Å². The van der Waals surface area contributed by atoms with E-state index in [-0.39, 0.29) is 16.5 Å². The number of aliphatic imine (C=N–C) groups is 2. The molecule has 0 aliphatic carbocycles. The standard InChI is InChI=1S/C35H54N2.Ni/c1-7-12-17-29-22-24-33(26-31(29)19-14-9-3)36-28(6)35(21-16-11-5)37-34-25-23-30(18-13-8-2)32(27-34)20-15-10-4;/h22-27H,7-21H2,1-6H3;. The average Bonchev–Trinajstić information content (AvgIpc) is 2.91. The number of hydrogen-bond donors (Lipinski definition) is 0. The van der Waals surface area contributed by atoms with Gasteiger partial charge in [0.15, 0.2) is 0 Å². The van der Waals surface area contributed by atoms with Crippen LogP contribution in [0.3, 0.4) is 0 Å². The Bertz CT molecular complexity index is 989. The number of benzene rings is 2. The van der Waals surface area contributed by atoms with Crippen molar-refractivity contribution in [2.45, 2.75) is 138 Å². The van der Waals surface area contributed by atoms with Gasteiger partial charge in [-0.15, -0.1) is 0 Å². The Labute approximate surface area is 245 Å². The molecule has 0 aromatic heterocycles. The molecule has 0 atom stereocenters. The molecule has 0 N–H and O–H groups in total. The minimum absolute atomic E-state index is 0. The molecule has 0 amide bonds. The monoisotopic (exact) mass is 560 g/mol. The molecule has 0 unspecified atom stereocenters. The molecule has 0 aliphatic heterocycles. The first-order chi connectivity index (χ1) is 18.1. The fourth-order valence-electron chi connectivity index (χ4n) is 4.86. The Morgan fingerprint density at radius 1 is 0.526 bits per heavy atom. The zero-order chi connectivity index (χ0) is 26.9. The van der Waals surface area contributed by atoms with Crippen LogP contribution in [0.1, 0.15) is 134 Å². The minimum atomic E-state index is 0. The van der Waals surface area contributed by atoms with Crippen LogP contribution >= 0.6 is 0 Å². The van der Waals surface area contributed by atoms with Crippen LogP contribution in [-0.2, 0) is 42.2 Å². The van der Waals surface area contributed by atoms with Gasteiger partial charge < -0.3 is 0 Å². The number of unbranched alkanes of at least 4 members (excludes halogenated alkanes) is 5. The maximum atomic E-state index is 5.20. The van der Waals surface area contributed by atoms with Crippen molar-refractivity contribution in [2.75, 3.05) is 0 Å². The topological polar surface area (TPSA) is 24.7 Å². The van der Waals surface area contributed by atoms with Crippen LogP contribution in [0.2, 0.25) is 0 Å². The first-order valence-corrected chi connectivity index (χ1v) is 15.4. The molecule has 0 saturated carbocycles. The van der Waals surface area contributed by atoms with E-state index in [1.54, 1.807) is 0 Å². The van der Waals surface area contributed by atoms with Gasteiger partial charge in [0.25, 0.3) is 0 Å². The number of aryl methyl sites for hydroxylation is 4. The van der Waals surface area contributed by atoms with Gasteiger partial charge in [-0.1, -0.05) is 78.9 Å². The van der Waals surface area contributed by atoms with Gasteiger partial charge in [0.05, 0.1) is 22.8 Å². The third kappa shape index (κ3) is 12.0. The van der Waals surface area contributed by atoms with Gasteiger partial charge in [-0.25, -0.2) is 0 Å². The summed E-state index contributed by atoms with van der Waals surface area (Å²) in [5.74, 6) is 0. The van der Waals surface area contributed by atoms with Gasteiger partial charge in [-0.2, -0.15) is 0 Å². The molecule has 2 rings (SSSR count). The van der Waals surface area contributed by atoms with Crippen LogP contribution in [0.5, 0.6) is 0 Å². The van der Waals surface area contributed by atoms with Crippen LogP contribution in [0.4, 0.5) is 11.4 Å².